The molecule has 1 saturated heterocycles. The summed E-state index contributed by atoms with van der Waals surface area (Å²) in [5.41, 5.74) is 1.99. The number of ether oxygens (including phenoxy) is 3. The van der Waals surface area contributed by atoms with E-state index in [0.29, 0.717) is 23.9 Å². The topological polar surface area (TPSA) is 63.2 Å². The van der Waals surface area contributed by atoms with Crippen molar-refractivity contribution in [3.05, 3.63) is 53.6 Å². The molecule has 0 bridgehead atoms. The molecular weight excluding hydrogens is 344 g/mol. The SMILES string of the molecule is COc1cc(OCc2ccccc2)c([C@H](CO)N2CCNCC2)cc1OC. The van der Waals surface area contributed by atoms with Crippen LogP contribution in [0, 0.1) is 0 Å². The van der Waals surface area contributed by atoms with Crippen LogP contribution < -0.4 is 19.5 Å². The minimum atomic E-state index is -0.155. The van der Waals surface area contributed by atoms with E-state index in [0.717, 1.165) is 37.3 Å². The molecule has 0 radical (unpaired) electrons. The highest BCUT2D eigenvalue weighted by Crippen LogP contribution is 2.39. The van der Waals surface area contributed by atoms with E-state index in [1.54, 1.807) is 14.2 Å². The number of aliphatic hydroxyl groups excluding tert-OH is 1. The first-order valence-electron chi connectivity index (χ1n) is 9.25. The molecule has 1 aliphatic rings. The van der Waals surface area contributed by atoms with E-state index in [1.807, 2.05) is 42.5 Å². The fourth-order valence-electron chi connectivity index (χ4n) is 3.40. The van der Waals surface area contributed by atoms with E-state index in [1.165, 1.54) is 0 Å². The maximum atomic E-state index is 10.1. The van der Waals surface area contributed by atoms with Crippen LogP contribution in [0.3, 0.4) is 0 Å². The van der Waals surface area contributed by atoms with Crippen LogP contribution >= 0.6 is 0 Å². The standard InChI is InChI=1S/C21H28N2O4/c1-25-20-12-17(18(14-24)23-10-8-22-9-11-23)19(13-21(20)26-2)27-15-16-6-4-3-5-7-16/h3-7,12-13,18,22,24H,8-11,14-15H2,1-2H3/t18-/m0/s1. The van der Waals surface area contributed by atoms with Crippen molar-refractivity contribution in [3.8, 4) is 17.2 Å². The molecule has 2 aromatic carbocycles. The molecular formula is C21H28N2O4. The Balaban J connectivity index is 1.93. The average molecular weight is 372 g/mol. The second kappa shape index (κ2) is 9.60. The lowest BCUT2D eigenvalue weighted by Crippen LogP contribution is -2.46. The summed E-state index contributed by atoms with van der Waals surface area (Å²) >= 11 is 0. The zero-order chi connectivity index (χ0) is 19.1. The number of nitrogens with one attached hydrogen (secondary N) is 1. The summed E-state index contributed by atoms with van der Waals surface area (Å²) in [6, 6.07) is 13.6. The average Bonchev–Trinajstić information content (AvgIpc) is 2.74. The van der Waals surface area contributed by atoms with Crippen molar-refractivity contribution >= 4 is 0 Å². The van der Waals surface area contributed by atoms with Crippen LogP contribution in [0.5, 0.6) is 17.2 Å². The van der Waals surface area contributed by atoms with Crippen molar-refractivity contribution < 1.29 is 19.3 Å². The molecule has 1 aliphatic heterocycles. The van der Waals surface area contributed by atoms with Crippen LogP contribution in [0.4, 0.5) is 0 Å². The number of methoxy groups -OCH3 is 2. The van der Waals surface area contributed by atoms with Gasteiger partial charge >= 0.3 is 0 Å². The third-order valence-electron chi connectivity index (χ3n) is 4.88. The van der Waals surface area contributed by atoms with E-state index < -0.39 is 0 Å². The Morgan fingerprint density at radius 3 is 2.30 bits per heavy atom. The molecule has 6 heteroatoms. The van der Waals surface area contributed by atoms with Crippen LogP contribution in [-0.2, 0) is 6.61 Å². The van der Waals surface area contributed by atoms with Gasteiger partial charge in [0.05, 0.1) is 26.9 Å². The molecule has 146 valence electrons. The Kier molecular flexibility index (Phi) is 6.92. The first-order chi connectivity index (χ1) is 13.3. The molecule has 6 nitrogen and oxygen atoms in total. The molecule has 0 aliphatic carbocycles. The first kappa shape index (κ1) is 19.5. The number of aliphatic hydroxyl groups is 1. The minimum absolute atomic E-state index is 0.0111. The number of piperazine rings is 1. The van der Waals surface area contributed by atoms with Crippen LogP contribution in [0.25, 0.3) is 0 Å². The van der Waals surface area contributed by atoms with Crippen molar-refractivity contribution in [2.45, 2.75) is 12.6 Å². The number of hydrogen-bond donors (Lipinski definition) is 2. The molecule has 27 heavy (non-hydrogen) atoms. The summed E-state index contributed by atoms with van der Waals surface area (Å²) in [6.45, 7) is 4.02. The van der Waals surface area contributed by atoms with Gasteiger partial charge in [0.15, 0.2) is 11.5 Å². The van der Waals surface area contributed by atoms with Crippen LogP contribution in [0.1, 0.15) is 17.2 Å². The van der Waals surface area contributed by atoms with Crippen molar-refractivity contribution in [1.29, 1.82) is 0 Å². The molecule has 2 N–H and O–H groups in total. The second-order valence-electron chi connectivity index (χ2n) is 6.50. The normalized spacial score (nSPS) is 16.0. The summed E-state index contributed by atoms with van der Waals surface area (Å²) in [4.78, 5) is 2.27. The molecule has 3 rings (SSSR count). The highest BCUT2D eigenvalue weighted by Gasteiger charge is 2.26. The molecule has 0 spiro atoms. The summed E-state index contributed by atoms with van der Waals surface area (Å²) in [7, 11) is 3.23. The van der Waals surface area contributed by atoms with Gasteiger partial charge in [0, 0.05) is 37.8 Å². The van der Waals surface area contributed by atoms with Gasteiger partial charge in [0.2, 0.25) is 0 Å². The molecule has 2 aromatic rings. The summed E-state index contributed by atoms with van der Waals surface area (Å²) in [5, 5.41) is 13.5. The van der Waals surface area contributed by atoms with Gasteiger partial charge in [-0.2, -0.15) is 0 Å². The van der Waals surface area contributed by atoms with E-state index in [-0.39, 0.29) is 12.6 Å². The number of hydrogen-bond acceptors (Lipinski definition) is 6. The van der Waals surface area contributed by atoms with E-state index in [9.17, 15) is 5.11 Å². The van der Waals surface area contributed by atoms with Crippen molar-refractivity contribution in [1.82, 2.24) is 10.2 Å². The highest BCUT2D eigenvalue weighted by molar-refractivity contribution is 5.52. The van der Waals surface area contributed by atoms with Crippen molar-refractivity contribution in [2.24, 2.45) is 0 Å². The fraction of sp³-hybridized carbons (Fsp3) is 0.429. The minimum Gasteiger partial charge on any atom is -0.493 e. The molecule has 0 unspecified atom stereocenters. The zero-order valence-electron chi connectivity index (χ0n) is 16.0. The number of benzene rings is 2. The lowest BCUT2D eigenvalue weighted by atomic mass is 10.0. The van der Waals surface area contributed by atoms with Gasteiger partial charge in [-0.15, -0.1) is 0 Å². The van der Waals surface area contributed by atoms with Gasteiger partial charge in [-0.1, -0.05) is 30.3 Å². The predicted molar refractivity (Wildman–Crippen MR) is 105 cm³/mol. The lowest BCUT2D eigenvalue weighted by molar-refractivity contribution is 0.107. The van der Waals surface area contributed by atoms with Gasteiger partial charge in [-0.05, 0) is 11.6 Å². The fourth-order valence-corrected chi connectivity index (χ4v) is 3.40. The van der Waals surface area contributed by atoms with Gasteiger partial charge < -0.3 is 24.6 Å². The summed E-state index contributed by atoms with van der Waals surface area (Å²) in [5.74, 6) is 1.95. The van der Waals surface area contributed by atoms with E-state index >= 15 is 0 Å². The molecule has 1 fully saturated rings. The smallest absolute Gasteiger partial charge is 0.164 e. The Bertz CT molecular complexity index is 718. The molecule has 1 heterocycles. The Hall–Kier alpha value is -2.28. The maximum Gasteiger partial charge on any atom is 0.164 e. The first-order valence-corrected chi connectivity index (χ1v) is 9.25. The Morgan fingerprint density at radius 2 is 1.67 bits per heavy atom. The number of nitrogens with zero attached hydrogens (tertiary/aromatic N) is 1. The van der Waals surface area contributed by atoms with Gasteiger partial charge in [0.25, 0.3) is 0 Å². The lowest BCUT2D eigenvalue weighted by Gasteiger charge is -2.35. The quantitative estimate of drug-likeness (QED) is 0.741. The summed E-state index contributed by atoms with van der Waals surface area (Å²) in [6.07, 6.45) is 0. The highest BCUT2D eigenvalue weighted by atomic mass is 16.5. The van der Waals surface area contributed by atoms with Crippen LogP contribution in [0.2, 0.25) is 0 Å². The van der Waals surface area contributed by atoms with E-state index in [4.69, 9.17) is 14.2 Å². The molecule has 1 atom stereocenters. The van der Waals surface area contributed by atoms with Crippen molar-refractivity contribution in [2.75, 3.05) is 47.0 Å². The van der Waals surface area contributed by atoms with Gasteiger partial charge in [0.1, 0.15) is 12.4 Å². The Morgan fingerprint density at radius 1 is 1.00 bits per heavy atom. The van der Waals surface area contributed by atoms with Gasteiger partial charge in [-0.25, -0.2) is 0 Å². The maximum absolute atomic E-state index is 10.1. The van der Waals surface area contributed by atoms with Crippen molar-refractivity contribution in [3.63, 3.8) is 0 Å². The largest absolute Gasteiger partial charge is 0.493 e. The second-order valence-corrected chi connectivity index (χ2v) is 6.50. The molecule has 0 amide bonds. The summed E-state index contributed by atoms with van der Waals surface area (Å²) < 4.78 is 17.1. The molecule has 0 aromatic heterocycles. The van der Waals surface area contributed by atoms with Crippen LogP contribution in [0.15, 0.2) is 42.5 Å². The van der Waals surface area contributed by atoms with E-state index in [2.05, 4.69) is 10.2 Å². The van der Waals surface area contributed by atoms with Gasteiger partial charge in [-0.3, -0.25) is 4.90 Å². The Labute approximate surface area is 160 Å². The van der Waals surface area contributed by atoms with Crippen LogP contribution in [-0.4, -0.2) is 57.0 Å². The predicted octanol–water partition coefficient (Wildman–Crippen LogP) is 2.22. The monoisotopic (exact) mass is 372 g/mol. The zero-order valence-corrected chi connectivity index (χ0v) is 16.0. The third kappa shape index (κ3) is 4.71. The third-order valence-corrected chi connectivity index (χ3v) is 4.88. The molecule has 0 saturated carbocycles. The number of rotatable bonds is 8.